The van der Waals surface area contributed by atoms with Crippen molar-refractivity contribution in [1.82, 2.24) is 4.90 Å². The maximum absolute atomic E-state index is 5.84. The highest BCUT2D eigenvalue weighted by Gasteiger charge is 2.20. The summed E-state index contributed by atoms with van der Waals surface area (Å²) in [6.45, 7) is 5.58. The standard InChI is InChI=1S/C14H21BrN2/c1-2-17(9-11-4-3-5-11)10-12-8-13(16)6-7-14(12)15/h6-8,11H,2-5,9-10,16H2,1H3. The molecule has 3 heteroatoms. The van der Waals surface area contributed by atoms with Crippen molar-refractivity contribution < 1.29 is 0 Å². The summed E-state index contributed by atoms with van der Waals surface area (Å²) in [5.41, 5.74) is 7.99. The van der Waals surface area contributed by atoms with Gasteiger partial charge in [-0.05, 0) is 49.1 Å². The second kappa shape index (κ2) is 5.87. The van der Waals surface area contributed by atoms with E-state index >= 15 is 0 Å². The number of hydrogen-bond donors (Lipinski definition) is 1. The van der Waals surface area contributed by atoms with E-state index in [1.165, 1.54) is 35.8 Å². The Morgan fingerprint density at radius 2 is 2.18 bits per heavy atom. The van der Waals surface area contributed by atoms with E-state index in [0.717, 1.165) is 24.7 Å². The molecule has 0 saturated heterocycles. The van der Waals surface area contributed by atoms with Crippen molar-refractivity contribution in [3.05, 3.63) is 28.2 Å². The van der Waals surface area contributed by atoms with Gasteiger partial charge in [-0.3, -0.25) is 4.90 Å². The largest absolute Gasteiger partial charge is 0.399 e. The third-order valence-corrected chi connectivity index (χ3v) is 4.43. The van der Waals surface area contributed by atoms with Gasteiger partial charge < -0.3 is 5.73 Å². The first-order valence-corrected chi connectivity index (χ1v) is 7.24. The number of nitrogens with two attached hydrogens (primary N) is 1. The third-order valence-electron chi connectivity index (χ3n) is 3.65. The quantitative estimate of drug-likeness (QED) is 0.841. The second-order valence-corrected chi connectivity index (χ2v) is 5.83. The Bertz CT molecular complexity index is 374. The van der Waals surface area contributed by atoms with Crippen LogP contribution in [0.4, 0.5) is 5.69 Å². The van der Waals surface area contributed by atoms with Crippen LogP contribution in [0.3, 0.4) is 0 Å². The van der Waals surface area contributed by atoms with Crippen molar-refractivity contribution in [2.75, 3.05) is 18.8 Å². The van der Waals surface area contributed by atoms with E-state index in [1.807, 2.05) is 12.1 Å². The van der Waals surface area contributed by atoms with Crippen LogP contribution in [0, 0.1) is 5.92 Å². The van der Waals surface area contributed by atoms with Crippen LogP contribution in [0.15, 0.2) is 22.7 Å². The van der Waals surface area contributed by atoms with E-state index < -0.39 is 0 Å². The number of anilines is 1. The maximum Gasteiger partial charge on any atom is 0.0318 e. The van der Waals surface area contributed by atoms with Crippen LogP contribution in [0.25, 0.3) is 0 Å². The van der Waals surface area contributed by atoms with Gasteiger partial charge in [-0.25, -0.2) is 0 Å². The summed E-state index contributed by atoms with van der Waals surface area (Å²) in [6.07, 6.45) is 4.24. The molecule has 0 spiro atoms. The molecule has 17 heavy (non-hydrogen) atoms. The fourth-order valence-electron chi connectivity index (χ4n) is 2.30. The van der Waals surface area contributed by atoms with E-state index in [2.05, 4.69) is 33.8 Å². The summed E-state index contributed by atoms with van der Waals surface area (Å²) >= 11 is 3.60. The zero-order valence-corrected chi connectivity index (χ0v) is 12.0. The first-order valence-electron chi connectivity index (χ1n) is 6.45. The fraction of sp³-hybridized carbons (Fsp3) is 0.571. The predicted molar refractivity (Wildman–Crippen MR) is 76.8 cm³/mol. The first-order chi connectivity index (χ1) is 8.19. The maximum atomic E-state index is 5.84. The van der Waals surface area contributed by atoms with Gasteiger partial charge in [0.2, 0.25) is 0 Å². The molecule has 1 saturated carbocycles. The van der Waals surface area contributed by atoms with Gasteiger partial charge in [0.1, 0.15) is 0 Å². The van der Waals surface area contributed by atoms with Crippen LogP contribution in [0.2, 0.25) is 0 Å². The zero-order chi connectivity index (χ0) is 12.3. The molecule has 1 fully saturated rings. The fourth-order valence-corrected chi connectivity index (χ4v) is 2.67. The van der Waals surface area contributed by atoms with E-state index in [0.29, 0.717) is 0 Å². The van der Waals surface area contributed by atoms with Gasteiger partial charge in [-0.15, -0.1) is 0 Å². The summed E-state index contributed by atoms with van der Waals surface area (Å²) < 4.78 is 1.17. The number of halogens is 1. The second-order valence-electron chi connectivity index (χ2n) is 4.98. The number of benzene rings is 1. The minimum atomic E-state index is 0.850. The summed E-state index contributed by atoms with van der Waals surface area (Å²) in [5.74, 6) is 0.926. The molecule has 2 N–H and O–H groups in total. The van der Waals surface area contributed by atoms with Gasteiger partial charge in [-0.1, -0.05) is 29.3 Å². The summed E-state index contributed by atoms with van der Waals surface area (Å²) in [5, 5.41) is 0. The third kappa shape index (κ3) is 3.46. The van der Waals surface area contributed by atoms with E-state index in [4.69, 9.17) is 5.73 Å². The van der Waals surface area contributed by atoms with E-state index in [9.17, 15) is 0 Å². The highest BCUT2D eigenvalue weighted by molar-refractivity contribution is 9.10. The Balaban J connectivity index is 1.98. The molecule has 0 atom stereocenters. The molecule has 0 radical (unpaired) electrons. The molecule has 0 heterocycles. The lowest BCUT2D eigenvalue weighted by Gasteiger charge is -2.32. The topological polar surface area (TPSA) is 29.3 Å². The minimum Gasteiger partial charge on any atom is -0.399 e. The van der Waals surface area contributed by atoms with E-state index in [-0.39, 0.29) is 0 Å². The van der Waals surface area contributed by atoms with Gasteiger partial charge in [-0.2, -0.15) is 0 Å². The molecule has 2 rings (SSSR count). The Morgan fingerprint density at radius 1 is 1.41 bits per heavy atom. The summed E-state index contributed by atoms with van der Waals surface area (Å²) in [4.78, 5) is 2.52. The number of rotatable bonds is 5. The van der Waals surface area contributed by atoms with Crippen molar-refractivity contribution in [3.63, 3.8) is 0 Å². The Labute approximate surface area is 112 Å². The van der Waals surface area contributed by atoms with Crippen LogP contribution in [-0.2, 0) is 6.54 Å². The summed E-state index contributed by atoms with van der Waals surface area (Å²) in [7, 11) is 0. The molecule has 0 aliphatic heterocycles. The minimum absolute atomic E-state index is 0.850. The van der Waals surface area contributed by atoms with Crippen LogP contribution in [0.1, 0.15) is 31.7 Å². The Kier molecular flexibility index (Phi) is 4.46. The molecular weight excluding hydrogens is 276 g/mol. The summed E-state index contributed by atoms with van der Waals surface area (Å²) in [6, 6.07) is 6.06. The van der Waals surface area contributed by atoms with Gasteiger partial charge >= 0.3 is 0 Å². The molecule has 0 aromatic heterocycles. The predicted octanol–water partition coefficient (Wildman–Crippen LogP) is 3.65. The molecule has 1 aliphatic rings. The molecular formula is C14H21BrN2. The molecule has 0 bridgehead atoms. The highest BCUT2D eigenvalue weighted by Crippen LogP contribution is 2.28. The van der Waals surface area contributed by atoms with Gasteiger partial charge in [0.25, 0.3) is 0 Å². The molecule has 0 unspecified atom stereocenters. The lowest BCUT2D eigenvalue weighted by Crippen LogP contribution is -2.32. The smallest absolute Gasteiger partial charge is 0.0318 e. The molecule has 94 valence electrons. The zero-order valence-electron chi connectivity index (χ0n) is 10.5. The van der Waals surface area contributed by atoms with Crippen LogP contribution >= 0.6 is 15.9 Å². The highest BCUT2D eigenvalue weighted by atomic mass is 79.9. The average molecular weight is 297 g/mol. The van der Waals surface area contributed by atoms with Crippen LogP contribution < -0.4 is 5.73 Å². The van der Waals surface area contributed by atoms with Crippen molar-refractivity contribution in [3.8, 4) is 0 Å². The van der Waals surface area contributed by atoms with Crippen molar-refractivity contribution in [2.24, 2.45) is 5.92 Å². The van der Waals surface area contributed by atoms with Crippen molar-refractivity contribution in [1.29, 1.82) is 0 Å². The Morgan fingerprint density at radius 3 is 2.76 bits per heavy atom. The van der Waals surface area contributed by atoms with E-state index in [1.54, 1.807) is 0 Å². The van der Waals surface area contributed by atoms with Crippen LogP contribution in [-0.4, -0.2) is 18.0 Å². The van der Waals surface area contributed by atoms with Gasteiger partial charge in [0.05, 0.1) is 0 Å². The molecule has 1 aromatic rings. The average Bonchev–Trinajstić information content (AvgIpc) is 2.26. The van der Waals surface area contributed by atoms with Crippen LogP contribution in [0.5, 0.6) is 0 Å². The molecule has 0 amide bonds. The number of nitrogens with zero attached hydrogens (tertiary/aromatic N) is 1. The molecule has 2 nitrogen and oxygen atoms in total. The van der Waals surface area contributed by atoms with Gasteiger partial charge in [0.15, 0.2) is 0 Å². The molecule has 1 aromatic carbocycles. The van der Waals surface area contributed by atoms with Gasteiger partial charge in [0, 0.05) is 23.2 Å². The Hall–Kier alpha value is -0.540. The number of hydrogen-bond acceptors (Lipinski definition) is 2. The molecule has 1 aliphatic carbocycles. The van der Waals surface area contributed by atoms with Crippen molar-refractivity contribution in [2.45, 2.75) is 32.7 Å². The lowest BCUT2D eigenvalue weighted by molar-refractivity contribution is 0.178. The SMILES string of the molecule is CCN(Cc1cc(N)ccc1Br)CC1CCC1. The van der Waals surface area contributed by atoms with Crippen molar-refractivity contribution >= 4 is 21.6 Å². The number of nitrogen functional groups attached to an aromatic ring is 1. The monoisotopic (exact) mass is 296 g/mol. The lowest BCUT2D eigenvalue weighted by atomic mass is 9.85. The first kappa shape index (κ1) is 12.9. The normalized spacial score (nSPS) is 16.2.